The molecule has 0 bridgehead atoms. The maximum absolute atomic E-state index is 12.9. The second-order valence-corrected chi connectivity index (χ2v) is 11.1. The molecule has 0 saturated carbocycles. The van der Waals surface area contributed by atoms with Gasteiger partial charge in [-0.2, -0.15) is 0 Å². The van der Waals surface area contributed by atoms with Crippen molar-refractivity contribution in [1.82, 2.24) is 15.1 Å². The summed E-state index contributed by atoms with van der Waals surface area (Å²) in [5.74, 6) is -1.49. The van der Waals surface area contributed by atoms with E-state index in [1.165, 1.54) is 11.8 Å². The lowest BCUT2D eigenvalue weighted by Crippen LogP contribution is -2.62. The lowest BCUT2D eigenvalue weighted by atomic mass is 9.73. The van der Waals surface area contributed by atoms with Crippen LogP contribution < -0.4 is 11.1 Å². The molecule has 4 N–H and O–H groups in total. The number of nitrogens with one attached hydrogen (secondary N) is 1. The molecule has 4 aliphatic rings. The Morgan fingerprint density at radius 1 is 1.39 bits per heavy atom. The van der Waals surface area contributed by atoms with Gasteiger partial charge in [0.15, 0.2) is 0 Å². The maximum Gasteiger partial charge on any atom is 0.353 e. The normalized spacial score (nSPS) is 36.6. The summed E-state index contributed by atoms with van der Waals surface area (Å²) in [6.45, 7) is 9.29. The van der Waals surface area contributed by atoms with Crippen LogP contribution >= 0.6 is 11.8 Å². The van der Waals surface area contributed by atoms with E-state index < -0.39 is 5.97 Å². The van der Waals surface area contributed by atoms with Gasteiger partial charge in [-0.15, -0.1) is 11.8 Å². The van der Waals surface area contributed by atoms with Gasteiger partial charge in [0.2, 0.25) is 5.91 Å². The summed E-state index contributed by atoms with van der Waals surface area (Å²) in [4.78, 5) is 41.2. The third-order valence-electron chi connectivity index (χ3n) is 7.28. The minimum absolute atomic E-state index is 0.0242. The summed E-state index contributed by atoms with van der Waals surface area (Å²) in [5.41, 5.74) is 6.18. The van der Waals surface area contributed by atoms with Crippen molar-refractivity contribution in [3.63, 3.8) is 0 Å². The molecule has 9 heteroatoms. The highest BCUT2D eigenvalue weighted by atomic mass is 32.2. The molecule has 4 heterocycles. The first-order chi connectivity index (χ1) is 14.7. The Bertz CT molecular complexity index is 802. The van der Waals surface area contributed by atoms with Crippen molar-refractivity contribution in [3.05, 3.63) is 10.6 Å². The van der Waals surface area contributed by atoms with Gasteiger partial charge in [0.25, 0.3) is 0 Å². The number of carboxylic acid groups (broad SMARTS) is 1. The number of Topliss-reactive ketones (excluding diaryl/α,β-unsaturated/α-hetero) is 1. The van der Waals surface area contributed by atoms with Crippen LogP contribution in [-0.2, 0) is 14.4 Å². The summed E-state index contributed by atoms with van der Waals surface area (Å²) in [6, 6.07) is 0.511. The van der Waals surface area contributed by atoms with E-state index in [0.717, 1.165) is 43.9 Å². The maximum atomic E-state index is 12.9. The Labute approximate surface area is 188 Å². The lowest BCUT2D eigenvalue weighted by Gasteiger charge is -2.47. The van der Waals surface area contributed by atoms with E-state index in [4.69, 9.17) is 5.73 Å². The van der Waals surface area contributed by atoms with E-state index in [-0.39, 0.29) is 52.5 Å². The van der Waals surface area contributed by atoms with Crippen LogP contribution in [0.3, 0.4) is 0 Å². The number of carbonyl (C=O) groups excluding carboxylic acids is 2. The van der Waals surface area contributed by atoms with Crippen LogP contribution in [0.25, 0.3) is 0 Å². The van der Waals surface area contributed by atoms with Crippen molar-refractivity contribution in [2.75, 3.05) is 26.2 Å². The fourth-order valence-corrected chi connectivity index (χ4v) is 7.40. The second-order valence-electron chi connectivity index (χ2n) is 9.80. The van der Waals surface area contributed by atoms with Crippen molar-refractivity contribution in [2.45, 2.75) is 63.4 Å². The minimum Gasteiger partial charge on any atom is -0.477 e. The molecule has 4 rings (SSSR count). The Kier molecular flexibility index (Phi) is 6.49. The molecular formula is C22H34N4O4S. The lowest BCUT2D eigenvalue weighted by molar-refractivity contribution is -0.160. The first-order valence-corrected chi connectivity index (χ1v) is 12.2. The smallest absolute Gasteiger partial charge is 0.353 e. The van der Waals surface area contributed by atoms with Gasteiger partial charge < -0.3 is 30.8 Å². The molecular weight excluding hydrogens is 416 g/mol. The number of ketones is 1. The quantitative estimate of drug-likeness (QED) is 0.467. The first kappa shape index (κ1) is 22.8. The van der Waals surface area contributed by atoms with Crippen molar-refractivity contribution in [3.8, 4) is 0 Å². The molecule has 0 radical (unpaired) electrons. The van der Waals surface area contributed by atoms with E-state index in [1.807, 2.05) is 13.8 Å². The molecule has 31 heavy (non-hydrogen) atoms. The van der Waals surface area contributed by atoms with Gasteiger partial charge in [0, 0.05) is 54.2 Å². The summed E-state index contributed by atoms with van der Waals surface area (Å²) in [6.07, 6.45) is 2.38. The second kappa shape index (κ2) is 8.84. The van der Waals surface area contributed by atoms with Gasteiger partial charge in [0.1, 0.15) is 11.5 Å². The number of carbonyl (C=O) groups is 3. The minimum atomic E-state index is -1.03. The molecule has 0 aromatic rings. The van der Waals surface area contributed by atoms with Gasteiger partial charge >= 0.3 is 5.97 Å². The summed E-state index contributed by atoms with van der Waals surface area (Å²) < 4.78 is 0. The number of carboxylic acids is 1. The topological polar surface area (TPSA) is 116 Å². The van der Waals surface area contributed by atoms with Gasteiger partial charge in [-0.05, 0) is 32.2 Å². The number of hydrogen-bond acceptors (Lipinski definition) is 7. The van der Waals surface area contributed by atoms with Crippen molar-refractivity contribution < 1.29 is 19.5 Å². The summed E-state index contributed by atoms with van der Waals surface area (Å²) >= 11 is 1.63. The third-order valence-corrected chi connectivity index (χ3v) is 8.79. The number of hydrogen-bond donors (Lipinski definition) is 3. The highest BCUT2D eigenvalue weighted by Gasteiger charge is 2.60. The molecule has 3 fully saturated rings. The number of aliphatic carboxylic acids is 1. The van der Waals surface area contributed by atoms with E-state index in [9.17, 15) is 19.5 Å². The molecule has 172 valence electrons. The van der Waals surface area contributed by atoms with Crippen LogP contribution in [-0.4, -0.2) is 82.1 Å². The highest BCUT2D eigenvalue weighted by molar-refractivity contribution is 8.03. The van der Waals surface area contributed by atoms with E-state index in [1.54, 1.807) is 11.8 Å². The standard InChI is InChI=1S/C22H34N4O4S/c1-11(6-12(2)27)17-18-13(3)20(19(22(29)30)26(18)21(17)28)31-16-7-15(24-8-16)10-25-5-4-14(23)9-25/h11,13-18,24H,4-10,23H2,1-3H3,(H,29,30)/t11-,13+,14-,15-,16-,17+,18+/m0/s1. The number of fused-ring (bicyclic) bond motifs is 1. The van der Waals surface area contributed by atoms with Crippen LogP contribution in [0.1, 0.15) is 40.0 Å². The van der Waals surface area contributed by atoms with E-state index in [0.29, 0.717) is 12.5 Å². The molecule has 0 unspecified atom stereocenters. The van der Waals surface area contributed by atoms with Crippen LogP contribution in [0.5, 0.6) is 0 Å². The highest BCUT2D eigenvalue weighted by Crippen LogP contribution is 2.53. The average molecular weight is 451 g/mol. The third kappa shape index (κ3) is 4.29. The van der Waals surface area contributed by atoms with Crippen LogP contribution in [0.2, 0.25) is 0 Å². The largest absolute Gasteiger partial charge is 0.477 e. The predicted octanol–water partition coefficient (Wildman–Crippen LogP) is 0.871. The molecule has 0 aromatic heterocycles. The van der Waals surface area contributed by atoms with Gasteiger partial charge in [-0.1, -0.05) is 13.8 Å². The number of nitrogens with two attached hydrogens (primary N) is 1. The molecule has 0 aliphatic carbocycles. The molecule has 0 spiro atoms. The monoisotopic (exact) mass is 450 g/mol. The van der Waals surface area contributed by atoms with Crippen molar-refractivity contribution in [2.24, 2.45) is 23.5 Å². The number of β-lactam (4-membered cyclic amide) rings is 1. The fourth-order valence-electron chi connectivity index (χ4n) is 5.88. The number of nitrogens with zero attached hydrogens (tertiary/aromatic N) is 2. The Balaban J connectivity index is 1.42. The van der Waals surface area contributed by atoms with E-state index in [2.05, 4.69) is 10.2 Å². The molecule has 8 nitrogen and oxygen atoms in total. The Morgan fingerprint density at radius 2 is 2.13 bits per heavy atom. The number of thioether (sulfide) groups is 1. The fraction of sp³-hybridized carbons (Fsp3) is 0.773. The molecule has 7 atom stereocenters. The van der Waals surface area contributed by atoms with Crippen molar-refractivity contribution in [1.29, 1.82) is 0 Å². The molecule has 3 saturated heterocycles. The van der Waals surface area contributed by atoms with Crippen LogP contribution in [0.15, 0.2) is 10.6 Å². The SMILES string of the molecule is CC(=O)C[C@H](C)[C@H]1C(=O)N2C(C(=O)O)=C(S[C@@H]3CN[C@H](CN4CC[C@H](N)C4)C3)[C@H](C)[C@H]12. The van der Waals surface area contributed by atoms with Crippen LogP contribution in [0.4, 0.5) is 0 Å². The first-order valence-electron chi connectivity index (χ1n) is 11.3. The average Bonchev–Trinajstić information content (AvgIpc) is 3.34. The molecule has 0 aromatic carbocycles. The zero-order valence-corrected chi connectivity index (χ0v) is 19.4. The summed E-state index contributed by atoms with van der Waals surface area (Å²) in [7, 11) is 0. The number of likely N-dealkylation sites (tertiary alicyclic amines) is 1. The van der Waals surface area contributed by atoms with Crippen molar-refractivity contribution >= 4 is 29.4 Å². The predicted molar refractivity (Wildman–Crippen MR) is 119 cm³/mol. The van der Waals surface area contributed by atoms with Gasteiger partial charge in [-0.3, -0.25) is 4.79 Å². The van der Waals surface area contributed by atoms with Gasteiger partial charge in [0.05, 0.1) is 12.0 Å². The molecule has 4 aliphatic heterocycles. The zero-order chi connectivity index (χ0) is 22.4. The number of amides is 1. The van der Waals surface area contributed by atoms with E-state index >= 15 is 0 Å². The summed E-state index contributed by atoms with van der Waals surface area (Å²) in [5, 5.41) is 13.8. The zero-order valence-electron chi connectivity index (χ0n) is 18.5. The molecule has 1 amide bonds. The van der Waals surface area contributed by atoms with Crippen LogP contribution in [0, 0.1) is 17.8 Å². The number of rotatable bonds is 8. The van der Waals surface area contributed by atoms with Gasteiger partial charge in [-0.25, -0.2) is 4.79 Å². The Morgan fingerprint density at radius 3 is 2.74 bits per heavy atom. The Hall–Kier alpha value is -1.42.